The highest BCUT2D eigenvalue weighted by Gasteiger charge is 2.34. The van der Waals surface area contributed by atoms with Gasteiger partial charge in [-0.1, -0.05) is 47.2 Å². The fourth-order valence-electron chi connectivity index (χ4n) is 5.27. The molecular formula is C36H31BrClN3O8S. The second kappa shape index (κ2) is 16.2. The lowest BCUT2D eigenvalue weighted by Gasteiger charge is -2.25. The second-order valence-corrected chi connectivity index (χ2v) is 13.0. The van der Waals surface area contributed by atoms with Gasteiger partial charge >= 0.3 is 11.9 Å². The Morgan fingerprint density at radius 3 is 2.58 bits per heavy atom. The van der Waals surface area contributed by atoms with Crippen molar-refractivity contribution in [3.63, 3.8) is 0 Å². The maximum absolute atomic E-state index is 14.3. The summed E-state index contributed by atoms with van der Waals surface area (Å²) in [6.07, 6.45) is 1.65. The van der Waals surface area contributed by atoms with E-state index in [0.717, 1.165) is 11.3 Å². The highest BCUT2D eigenvalue weighted by Crippen LogP contribution is 2.37. The molecule has 258 valence electrons. The number of benzene rings is 3. The Morgan fingerprint density at radius 2 is 1.86 bits per heavy atom. The van der Waals surface area contributed by atoms with Crippen LogP contribution in [-0.2, 0) is 25.7 Å². The molecule has 0 aliphatic carbocycles. The highest BCUT2D eigenvalue weighted by atomic mass is 79.9. The summed E-state index contributed by atoms with van der Waals surface area (Å²) in [6.45, 7) is 5.32. The lowest BCUT2D eigenvalue weighted by Crippen LogP contribution is -2.40. The quantitative estimate of drug-likeness (QED) is 0.168. The molecule has 1 aliphatic heterocycles. The number of carbonyl (C=O) groups is 2. The number of hydrogen-bond donors (Lipinski definition) is 0. The molecule has 14 heteroatoms. The van der Waals surface area contributed by atoms with E-state index in [9.17, 15) is 19.6 Å². The number of carbonyl (C=O) groups excluding carboxylic acids is 2. The number of esters is 2. The van der Waals surface area contributed by atoms with E-state index in [-0.39, 0.29) is 37.8 Å². The van der Waals surface area contributed by atoms with E-state index in [2.05, 4.69) is 31.7 Å². The SMILES string of the molecule is CCOC(=O)C1=C(C)N=c2s/c(=C/c3cc(Cl)cc(Br)c3OCc3ccccc3C#N)c(=O)n2[C@@H]1c1ccc(OCC(=O)OC)c(OCC)c1. The Hall–Kier alpha value is -4.90. The highest BCUT2D eigenvalue weighted by molar-refractivity contribution is 9.10. The van der Waals surface area contributed by atoms with E-state index < -0.39 is 23.5 Å². The maximum Gasteiger partial charge on any atom is 0.343 e. The van der Waals surface area contributed by atoms with E-state index >= 15 is 0 Å². The standard InChI is InChI=1S/C36H31BrClN3O8S/c1-5-46-28-14-21(11-12-27(28)48-19-30(42)45-4)32-31(35(44)47-6-2)20(3)40-36-41(32)34(43)29(50-36)15-24-13-25(38)16-26(37)33(24)49-18-23-10-8-7-9-22(23)17-39/h7-16,32H,5-6,18-19H2,1-4H3/b29-15+/t32-/m1/s1. The summed E-state index contributed by atoms with van der Waals surface area (Å²) in [6, 6.07) is 16.6. The molecule has 0 fully saturated rings. The largest absolute Gasteiger partial charge is 0.490 e. The predicted molar refractivity (Wildman–Crippen MR) is 190 cm³/mol. The van der Waals surface area contributed by atoms with E-state index in [1.165, 1.54) is 11.7 Å². The van der Waals surface area contributed by atoms with Crippen molar-refractivity contribution < 1.29 is 33.3 Å². The summed E-state index contributed by atoms with van der Waals surface area (Å²) < 4.78 is 30.1. The topological polar surface area (TPSA) is 138 Å². The van der Waals surface area contributed by atoms with Crippen LogP contribution in [0.5, 0.6) is 17.2 Å². The molecule has 50 heavy (non-hydrogen) atoms. The molecule has 5 rings (SSSR count). The number of fused-ring (bicyclic) bond motifs is 1. The van der Waals surface area contributed by atoms with E-state index in [0.29, 0.717) is 58.3 Å². The zero-order chi connectivity index (χ0) is 35.9. The van der Waals surface area contributed by atoms with Crippen LogP contribution in [0, 0.1) is 11.3 Å². The summed E-state index contributed by atoms with van der Waals surface area (Å²) in [5.74, 6) is -0.194. The Balaban J connectivity index is 1.65. The number of aromatic nitrogens is 1. The van der Waals surface area contributed by atoms with Crippen LogP contribution >= 0.6 is 38.9 Å². The van der Waals surface area contributed by atoms with Gasteiger partial charge in [-0.15, -0.1) is 0 Å². The number of halogens is 2. The van der Waals surface area contributed by atoms with E-state index in [1.807, 2.05) is 6.07 Å². The maximum atomic E-state index is 14.3. The third-order valence-corrected chi connectivity index (χ3v) is 9.30. The van der Waals surface area contributed by atoms with Crippen molar-refractivity contribution >= 4 is 56.9 Å². The van der Waals surface area contributed by atoms with Crippen LogP contribution < -0.4 is 29.1 Å². The first-order chi connectivity index (χ1) is 24.1. The Kier molecular flexibility index (Phi) is 11.8. The van der Waals surface area contributed by atoms with Gasteiger partial charge in [-0.3, -0.25) is 9.36 Å². The Bertz CT molecular complexity index is 2220. The first-order valence-corrected chi connectivity index (χ1v) is 17.3. The smallest absolute Gasteiger partial charge is 0.343 e. The minimum absolute atomic E-state index is 0.0929. The molecule has 0 radical (unpaired) electrons. The van der Waals surface area contributed by atoms with Crippen molar-refractivity contribution in [1.82, 2.24) is 4.57 Å². The number of nitrogens with zero attached hydrogens (tertiary/aromatic N) is 3. The van der Waals surface area contributed by atoms with Gasteiger partial charge in [0.2, 0.25) is 0 Å². The number of nitriles is 1. The third kappa shape index (κ3) is 7.78. The Morgan fingerprint density at radius 1 is 1.08 bits per heavy atom. The van der Waals surface area contributed by atoms with Gasteiger partial charge in [0.05, 0.1) is 58.3 Å². The van der Waals surface area contributed by atoms with Gasteiger partial charge in [0, 0.05) is 16.1 Å². The molecule has 0 saturated heterocycles. The molecule has 1 aliphatic rings. The molecule has 11 nitrogen and oxygen atoms in total. The van der Waals surface area contributed by atoms with Crippen LogP contribution in [-0.4, -0.2) is 43.4 Å². The first-order valence-electron chi connectivity index (χ1n) is 15.4. The molecule has 3 aromatic carbocycles. The zero-order valence-electron chi connectivity index (χ0n) is 27.5. The summed E-state index contributed by atoms with van der Waals surface area (Å²) in [5.41, 5.74) is 2.35. The van der Waals surface area contributed by atoms with Crippen LogP contribution in [0.3, 0.4) is 0 Å². The number of hydrogen-bond acceptors (Lipinski definition) is 11. The van der Waals surface area contributed by atoms with Crippen molar-refractivity contribution in [2.75, 3.05) is 26.9 Å². The van der Waals surface area contributed by atoms with Gasteiger partial charge in [0.25, 0.3) is 5.56 Å². The van der Waals surface area contributed by atoms with Crippen molar-refractivity contribution in [2.45, 2.75) is 33.4 Å². The van der Waals surface area contributed by atoms with Crippen LogP contribution in [0.15, 0.2) is 80.1 Å². The summed E-state index contributed by atoms with van der Waals surface area (Å²) >= 11 is 11.1. The van der Waals surface area contributed by atoms with Gasteiger partial charge in [-0.05, 0) is 78.7 Å². The minimum Gasteiger partial charge on any atom is -0.490 e. The normalized spacial score (nSPS) is 13.9. The molecule has 0 bridgehead atoms. The average molecular weight is 781 g/mol. The number of rotatable bonds is 12. The van der Waals surface area contributed by atoms with Gasteiger partial charge in [0.1, 0.15) is 12.4 Å². The van der Waals surface area contributed by atoms with Crippen LogP contribution in [0.1, 0.15) is 49.1 Å². The minimum atomic E-state index is -0.939. The number of methoxy groups -OCH3 is 1. The van der Waals surface area contributed by atoms with Crippen molar-refractivity contribution in [3.05, 3.63) is 117 Å². The van der Waals surface area contributed by atoms with E-state index in [1.54, 1.807) is 75.4 Å². The van der Waals surface area contributed by atoms with Crippen molar-refractivity contribution in [2.24, 2.45) is 4.99 Å². The van der Waals surface area contributed by atoms with Gasteiger partial charge < -0.3 is 23.7 Å². The molecule has 0 spiro atoms. The van der Waals surface area contributed by atoms with Crippen molar-refractivity contribution in [1.29, 1.82) is 5.26 Å². The first kappa shape index (κ1) is 36.4. The number of ether oxygens (including phenoxy) is 5. The molecule has 0 N–H and O–H groups in total. The number of thiazole rings is 1. The molecule has 0 amide bonds. The van der Waals surface area contributed by atoms with Gasteiger partial charge in [0.15, 0.2) is 22.9 Å². The molecular weight excluding hydrogens is 750 g/mol. The molecule has 4 aromatic rings. The molecule has 0 unspecified atom stereocenters. The lowest BCUT2D eigenvalue weighted by molar-refractivity contribution is -0.143. The fraction of sp³-hybridized carbons (Fsp3) is 0.250. The van der Waals surface area contributed by atoms with E-state index in [4.69, 9.17) is 30.5 Å². The second-order valence-electron chi connectivity index (χ2n) is 10.7. The molecule has 0 saturated carbocycles. The molecule has 1 atom stereocenters. The third-order valence-electron chi connectivity index (χ3n) is 7.51. The van der Waals surface area contributed by atoms with Gasteiger partial charge in [-0.25, -0.2) is 14.6 Å². The summed E-state index contributed by atoms with van der Waals surface area (Å²) in [4.78, 5) is 44.5. The summed E-state index contributed by atoms with van der Waals surface area (Å²) in [5, 5.41) is 9.94. The molecule has 1 aromatic heterocycles. The summed E-state index contributed by atoms with van der Waals surface area (Å²) in [7, 11) is 1.26. The fourth-order valence-corrected chi connectivity index (χ4v) is 7.26. The molecule has 2 heterocycles. The van der Waals surface area contributed by atoms with Crippen molar-refractivity contribution in [3.8, 4) is 23.3 Å². The predicted octanol–water partition coefficient (Wildman–Crippen LogP) is 5.62. The van der Waals surface area contributed by atoms with Crippen LogP contribution in [0.2, 0.25) is 5.02 Å². The van der Waals surface area contributed by atoms with Crippen LogP contribution in [0.25, 0.3) is 6.08 Å². The monoisotopic (exact) mass is 779 g/mol. The lowest BCUT2D eigenvalue weighted by atomic mass is 9.95. The Labute approximate surface area is 304 Å². The average Bonchev–Trinajstić information content (AvgIpc) is 3.40. The van der Waals surface area contributed by atoms with Crippen LogP contribution in [0.4, 0.5) is 0 Å². The zero-order valence-corrected chi connectivity index (χ0v) is 30.6. The number of allylic oxidation sites excluding steroid dienone is 1. The van der Waals surface area contributed by atoms with Gasteiger partial charge in [-0.2, -0.15) is 5.26 Å².